The molecule has 1 aliphatic rings. The van der Waals surface area contributed by atoms with Gasteiger partial charge in [-0.25, -0.2) is 0 Å². The second-order valence-corrected chi connectivity index (χ2v) is 3.91. The van der Waals surface area contributed by atoms with Gasteiger partial charge >= 0.3 is 0 Å². The Labute approximate surface area is 85.6 Å². The van der Waals surface area contributed by atoms with E-state index in [1.807, 2.05) is 0 Å². The van der Waals surface area contributed by atoms with E-state index in [4.69, 9.17) is 0 Å². The van der Waals surface area contributed by atoms with Crippen molar-refractivity contribution in [2.24, 2.45) is 0 Å². The summed E-state index contributed by atoms with van der Waals surface area (Å²) in [4.78, 5) is 40.2. The fourth-order valence-electron chi connectivity index (χ4n) is 0.710. The van der Waals surface area contributed by atoms with Crippen molar-refractivity contribution < 1.29 is 19.2 Å². The van der Waals surface area contributed by atoms with E-state index in [0.29, 0.717) is 12.8 Å². The highest BCUT2D eigenvalue weighted by molar-refractivity contribution is 8.26. The van der Waals surface area contributed by atoms with Crippen molar-refractivity contribution in [3.63, 3.8) is 0 Å². The van der Waals surface area contributed by atoms with Crippen molar-refractivity contribution in [2.45, 2.75) is 26.7 Å². The molecule has 14 heavy (non-hydrogen) atoms. The molecule has 0 aromatic carbocycles. The van der Waals surface area contributed by atoms with Crippen LogP contribution in [0, 0.1) is 0 Å². The Bertz CT molecular complexity index is 249. The molecule has 1 fully saturated rings. The maximum absolute atomic E-state index is 10.1. The lowest BCUT2D eigenvalue weighted by molar-refractivity contribution is -0.125. The van der Waals surface area contributed by atoms with E-state index >= 15 is 0 Å². The average molecular weight is 217 g/mol. The first-order valence-electron chi connectivity index (χ1n) is 3.93. The lowest BCUT2D eigenvalue weighted by Gasteiger charge is -1.80. The third kappa shape index (κ3) is 7.48. The molecule has 0 aromatic heterocycles. The fraction of sp³-hybridized carbons (Fsp3) is 0.500. The molecule has 0 bridgehead atoms. The molecule has 1 rings (SSSR count). The Morgan fingerprint density at radius 2 is 1.43 bits per heavy atom. The van der Waals surface area contributed by atoms with Gasteiger partial charge in [-0.15, -0.1) is 0 Å². The average Bonchev–Trinajstić information content (AvgIpc) is 2.32. The minimum atomic E-state index is -0.148. The molecule has 6 heteroatoms. The van der Waals surface area contributed by atoms with E-state index in [2.05, 4.69) is 5.32 Å². The smallest absolute Gasteiger partial charge is 0.227 e. The number of thioether (sulfide) groups is 1. The first kappa shape index (κ1) is 12.8. The number of nitrogens with one attached hydrogen (secondary N) is 1. The first-order valence-corrected chi connectivity index (χ1v) is 4.75. The van der Waals surface area contributed by atoms with Gasteiger partial charge in [0.2, 0.25) is 11.8 Å². The summed E-state index contributed by atoms with van der Waals surface area (Å²) in [5.41, 5.74) is 0. The summed E-state index contributed by atoms with van der Waals surface area (Å²) < 4.78 is 0. The molecule has 0 saturated carbocycles. The zero-order valence-electron chi connectivity index (χ0n) is 7.96. The maximum atomic E-state index is 10.1. The Kier molecular flexibility index (Phi) is 5.78. The molecule has 0 aliphatic carbocycles. The van der Waals surface area contributed by atoms with E-state index in [-0.39, 0.29) is 22.0 Å². The largest absolute Gasteiger partial charge is 0.296 e. The van der Waals surface area contributed by atoms with Gasteiger partial charge < -0.3 is 0 Å². The molecule has 1 heterocycles. The standard InChI is InChI=1S/C4H5NO2.C4H6O2S/c6-3-1-2-4(7)5-3;1-3(5)7-4(2)6/h1-2H2,(H,5,6,7);1-2H3. The summed E-state index contributed by atoms with van der Waals surface area (Å²) >= 11 is 0.731. The zero-order chi connectivity index (χ0) is 11.1. The van der Waals surface area contributed by atoms with Gasteiger partial charge in [0.1, 0.15) is 0 Å². The van der Waals surface area contributed by atoms with Gasteiger partial charge in [-0.3, -0.25) is 24.5 Å². The van der Waals surface area contributed by atoms with Gasteiger partial charge in [0, 0.05) is 26.7 Å². The van der Waals surface area contributed by atoms with Crippen LogP contribution in [0.15, 0.2) is 0 Å². The highest BCUT2D eigenvalue weighted by Crippen LogP contribution is 1.99. The van der Waals surface area contributed by atoms with E-state index in [9.17, 15) is 19.2 Å². The molecule has 0 aromatic rings. The second kappa shape index (κ2) is 6.31. The van der Waals surface area contributed by atoms with Gasteiger partial charge in [-0.1, -0.05) is 0 Å². The monoisotopic (exact) mass is 217 g/mol. The predicted molar refractivity (Wildman–Crippen MR) is 51.3 cm³/mol. The lowest BCUT2D eigenvalue weighted by atomic mass is 10.4. The van der Waals surface area contributed by atoms with Crippen LogP contribution in [0.3, 0.4) is 0 Å². The number of hydrogen-bond donors (Lipinski definition) is 1. The quantitative estimate of drug-likeness (QED) is 0.588. The normalized spacial score (nSPS) is 14.1. The summed E-state index contributed by atoms with van der Waals surface area (Å²) in [5, 5.41) is 1.85. The third-order valence-electron chi connectivity index (χ3n) is 1.15. The van der Waals surface area contributed by atoms with Crippen molar-refractivity contribution in [1.82, 2.24) is 5.32 Å². The van der Waals surface area contributed by atoms with Gasteiger partial charge in [0.05, 0.1) is 0 Å². The molecule has 78 valence electrons. The van der Waals surface area contributed by atoms with E-state index in [0.717, 1.165) is 11.8 Å². The Balaban J connectivity index is 0.000000241. The van der Waals surface area contributed by atoms with Crippen molar-refractivity contribution in [3.8, 4) is 0 Å². The van der Waals surface area contributed by atoms with Gasteiger partial charge in [0.15, 0.2) is 10.2 Å². The summed E-state index contributed by atoms with van der Waals surface area (Å²) in [5.74, 6) is -0.296. The molecule has 0 atom stereocenters. The van der Waals surface area contributed by atoms with Crippen molar-refractivity contribution in [1.29, 1.82) is 0 Å². The molecular weight excluding hydrogens is 206 g/mol. The summed E-state index contributed by atoms with van der Waals surface area (Å²) in [7, 11) is 0. The number of imide groups is 1. The molecule has 1 aliphatic heterocycles. The molecule has 1 saturated heterocycles. The first-order chi connectivity index (χ1) is 6.41. The topological polar surface area (TPSA) is 80.3 Å². The Morgan fingerprint density at radius 3 is 1.50 bits per heavy atom. The number of amides is 2. The number of carbonyl (C=O) groups excluding carboxylic acids is 4. The van der Waals surface area contributed by atoms with Crippen LogP contribution in [0.1, 0.15) is 26.7 Å². The van der Waals surface area contributed by atoms with Crippen LogP contribution in [0.4, 0.5) is 0 Å². The molecule has 1 N–H and O–H groups in total. The molecule has 0 unspecified atom stereocenters. The third-order valence-corrected chi connectivity index (χ3v) is 1.72. The maximum Gasteiger partial charge on any atom is 0.227 e. The minimum Gasteiger partial charge on any atom is -0.296 e. The van der Waals surface area contributed by atoms with E-state index < -0.39 is 0 Å². The zero-order valence-corrected chi connectivity index (χ0v) is 8.77. The Hall–Kier alpha value is -1.17. The summed E-state index contributed by atoms with van der Waals surface area (Å²) in [6.07, 6.45) is 0.748. The Morgan fingerprint density at radius 1 is 1.07 bits per heavy atom. The van der Waals surface area contributed by atoms with Crippen LogP contribution in [0.25, 0.3) is 0 Å². The highest BCUT2D eigenvalue weighted by atomic mass is 32.2. The molecule has 2 amide bonds. The van der Waals surface area contributed by atoms with Gasteiger partial charge in [0.25, 0.3) is 0 Å². The summed E-state index contributed by atoms with van der Waals surface area (Å²) in [6.45, 7) is 2.73. The van der Waals surface area contributed by atoms with Crippen molar-refractivity contribution >= 4 is 33.8 Å². The second-order valence-electron chi connectivity index (χ2n) is 2.56. The van der Waals surface area contributed by atoms with Crippen LogP contribution in [-0.2, 0) is 19.2 Å². The van der Waals surface area contributed by atoms with E-state index in [1.165, 1.54) is 13.8 Å². The van der Waals surface area contributed by atoms with Crippen LogP contribution >= 0.6 is 11.8 Å². The SMILES string of the molecule is CC(=O)SC(C)=O.O=C1CCC(=O)N1. The van der Waals surface area contributed by atoms with E-state index in [1.54, 1.807) is 0 Å². The fourth-order valence-corrected chi connectivity index (χ4v) is 1.11. The predicted octanol–water partition coefficient (Wildman–Crippen LogP) is 0.236. The van der Waals surface area contributed by atoms with Crippen LogP contribution in [-0.4, -0.2) is 22.0 Å². The van der Waals surface area contributed by atoms with Crippen LogP contribution in [0.5, 0.6) is 0 Å². The minimum absolute atomic E-state index is 0.146. The van der Waals surface area contributed by atoms with Crippen molar-refractivity contribution in [3.05, 3.63) is 0 Å². The highest BCUT2D eigenvalue weighted by Gasteiger charge is 2.15. The lowest BCUT2D eigenvalue weighted by Crippen LogP contribution is -2.18. The van der Waals surface area contributed by atoms with Crippen molar-refractivity contribution in [2.75, 3.05) is 0 Å². The molecule has 0 radical (unpaired) electrons. The van der Waals surface area contributed by atoms with Gasteiger partial charge in [-0.2, -0.15) is 0 Å². The van der Waals surface area contributed by atoms with Gasteiger partial charge in [-0.05, 0) is 11.8 Å². The molecule has 5 nitrogen and oxygen atoms in total. The van der Waals surface area contributed by atoms with Crippen LogP contribution < -0.4 is 5.32 Å². The number of rotatable bonds is 0. The van der Waals surface area contributed by atoms with Crippen LogP contribution in [0.2, 0.25) is 0 Å². The number of carbonyl (C=O) groups is 4. The number of hydrogen-bond acceptors (Lipinski definition) is 5. The summed E-state index contributed by atoms with van der Waals surface area (Å²) in [6, 6.07) is 0. The molecular formula is C8H11NO4S. The molecule has 0 spiro atoms.